The lowest BCUT2D eigenvalue weighted by Crippen LogP contribution is -2.38. The van der Waals surface area contributed by atoms with Gasteiger partial charge >= 0.3 is 0 Å². The SMILES string of the molecule is CN1CC2(CC(c3cccc(Cl)c3)Oc3ccc(Br)cc32)N=C1N. The summed E-state index contributed by atoms with van der Waals surface area (Å²) in [4.78, 5) is 6.82. The van der Waals surface area contributed by atoms with Crippen molar-refractivity contribution < 1.29 is 4.74 Å². The van der Waals surface area contributed by atoms with Gasteiger partial charge in [0.25, 0.3) is 0 Å². The number of fused-ring (bicyclic) bond motifs is 2. The Hall–Kier alpha value is -1.72. The third-order valence-electron chi connectivity index (χ3n) is 4.67. The summed E-state index contributed by atoms with van der Waals surface area (Å²) < 4.78 is 7.29. The van der Waals surface area contributed by atoms with Crippen LogP contribution in [0.4, 0.5) is 0 Å². The third kappa shape index (κ3) is 2.56. The standard InChI is InChI=1S/C18H17BrClN3O/c1-23-10-18(22-17(23)21)9-16(11-3-2-4-13(20)7-11)24-15-6-5-12(19)8-14(15)18/h2-8,16H,9-10H2,1H3,(H2,21,22). The van der Waals surface area contributed by atoms with Crippen molar-refractivity contribution in [1.82, 2.24) is 4.90 Å². The summed E-state index contributed by atoms with van der Waals surface area (Å²) in [6.45, 7) is 0.739. The molecule has 0 aliphatic carbocycles. The first-order valence-electron chi connectivity index (χ1n) is 7.75. The van der Waals surface area contributed by atoms with Gasteiger partial charge in [0.05, 0.1) is 6.54 Å². The molecule has 2 aliphatic rings. The van der Waals surface area contributed by atoms with Gasteiger partial charge in [-0.2, -0.15) is 0 Å². The van der Waals surface area contributed by atoms with Crippen LogP contribution < -0.4 is 10.5 Å². The number of halogens is 2. The van der Waals surface area contributed by atoms with Crippen LogP contribution in [0.15, 0.2) is 51.9 Å². The lowest BCUT2D eigenvalue weighted by Gasteiger charge is -2.38. The van der Waals surface area contributed by atoms with Crippen LogP contribution in [0.1, 0.15) is 23.7 Å². The molecule has 2 aromatic carbocycles. The van der Waals surface area contributed by atoms with E-state index in [0.717, 1.165) is 34.3 Å². The number of rotatable bonds is 1. The largest absolute Gasteiger partial charge is 0.485 e. The molecule has 0 saturated heterocycles. The van der Waals surface area contributed by atoms with Crippen LogP contribution in [-0.2, 0) is 5.54 Å². The number of hydrogen-bond donors (Lipinski definition) is 1. The third-order valence-corrected chi connectivity index (χ3v) is 5.40. The summed E-state index contributed by atoms with van der Waals surface area (Å²) in [5.74, 6) is 1.41. The molecule has 2 N–H and O–H groups in total. The van der Waals surface area contributed by atoms with E-state index >= 15 is 0 Å². The minimum Gasteiger partial charge on any atom is -0.485 e. The highest BCUT2D eigenvalue weighted by Gasteiger charge is 2.46. The lowest BCUT2D eigenvalue weighted by atomic mass is 9.81. The molecule has 0 fully saturated rings. The number of nitrogens with zero attached hydrogens (tertiary/aromatic N) is 2. The summed E-state index contributed by atoms with van der Waals surface area (Å²) in [6.07, 6.45) is 0.613. The van der Waals surface area contributed by atoms with Crippen molar-refractivity contribution in [2.45, 2.75) is 18.1 Å². The Morgan fingerprint density at radius 1 is 1.33 bits per heavy atom. The van der Waals surface area contributed by atoms with Gasteiger partial charge in [-0.15, -0.1) is 0 Å². The Labute approximate surface area is 154 Å². The molecule has 0 saturated carbocycles. The Balaban J connectivity index is 1.83. The van der Waals surface area contributed by atoms with Crippen molar-refractivity contribution >= 4 is 33.5 Å². The smallest absolute Gasteiger partial charge is 0.192 e. The highest BCUT2D eigenvalue weighted by atomic mass is 79.9. The number of likely N-dealkylation sites (N-methyl/N-ethyl adjacent to an activating group) is 1. The van der Waals surface area contributed by atoms with Crippen LogP contribution in [0.2, 0.25) is 5.02 Å². The minimum atomic E-state index is -0.400. The summed E-state index contributed by atoms with van der Waals surface area (Å²) in [5.41, 5.74) is 7.82. The zero-order valence-corrected chi connectivity index (χ0v) is 15.5. The van der Waals surface area contributed by atoms with Crippen molar-refractivity contribution in [3.05, 3.63) is 63.1 Å². The average molecular weight is 407 g/mol. The number of benzene rings is 2. The van der Waals surface area contributed by atoms with Gasteiger partial charge < -0.3 is 15.4 Å². The van der Waals surface area contributed by atoms with Crippen LogP contribution in [0.25, 0.3) is 0 Å². The van der Waals surface area contributed by atoms with Gasteiger partial charge in [0.15, 0.2) is 5.96 Å². The zero-order valence-electron chi connectivity index (χ0n) is 13.2. The maximum Gasteiger partial charge on any atom is 0.192 e. The molecule has 1 spiro atoms. The summed E-state index contributed by atoms with van der Waals surface area (Å²) in [7, 11) is 1.97. The highest BCUT2D eigenvalue weighted by Crippen LogP contribution is 2.49. The Morgan fingerprint density at radius 3 is 2.88 bits per heavy atom. The normalized spacial score (nSPS) is 25.4. The summed E-state index contributed by atoms with van der Waals surface area (Å²) in [5, 5.41) is 0.707. The van der Waals surface area contributed by atoms with Crippen LogP contribution in [0, 0.1) is 0 Å². The zero-order chi connectivity index (χ0) is 16.9. The molecular weight excluding hydrogens is 390 g/mol. The Morgan fingerprint density at radius 2 is 2.17 bits per heavy atom. The second-order valence-corrected chi connectivity index (χ2v) is 7.72. The first-order chi connectivity index (χ1) is 11.5. The fraction of sp³-hybridized carbons (Fsp3) is 0.278. The first kappa shape index (κ1) is 15.8. The van der Waals surface area contributed by atoms with E-state index in [2.05, 4.69) is 22.0 Å². The van der Waals surface area contributed by atoms with Gasteiger partial charge in [-0.3, -0.25) is 0 Å². The predicted octanol–water partition coefficient (Wildman–Crippen LogP) is 4.08. The topological polar surface area (TPSA) is 50.8 Å². The van der Waals surface area contributed by atoms with E-state index in [1.54, 1.807) is 0 Å². The highest BCUT2D eigenvalue weighted by molar-refractivity contribution is 9.10. The maximum atomic E-state index is 6.28. The quantitative estimate of drug-likeness (QED) is 0.776. The molecule has 2 aliphatic heterocycles. The van der Waals surface area contributed by atoms with Gasteiger partial charge in [0, 0.05) is 28.5 Å². The molecule has 0 amide bonds. The van der Waals surface area contributed by atoms with E-state index in [1.807, 2.05) is 48.3 Å². The summed E-state index contributed by atoms with van der Waals surface area (Å²) in [6, 6.07) is 13.9. The van der Waals surface area contributed by atoms with E-state index in [-0.39, 0.29) is 6.10 Å². The minimum absolute atomic E-state index is 0.111. The molecule has 2 aromatic rings. The summed E-state index contributed by atoms with van der Waals surface area (Å²) >= 11 is 9.72. The second-order valence-electron chi connectivity index (χ2n) is 6.36. The van der Waals surface area contributed by atoms with Crippen molar-refractivity contribution in [2.24, 2.45) is 10.7 Å². The molecule has 0 bridgehead atoms. The monoisotopic (exact) mass is 405 g/mol. The fourth-order valence-electron chi connectivity index (χ4n) is 3.54. The molecule has 2 unspecified atom stereocenters. The van der Waals surface area contributed by atoms with E-state index in [1.165, 1.54) is 0 Å². The van der Waals surface area contributed by atoms with Gasteiger partial charge in [-0.1, -0.05) is 39.7 Å². The molecule has 6 heteroatoms. The van der Waals surface area contributed by atoms with Gasteiger partial charge in [0.2, 0.25) is 0 Å². The van der Waals surface area contributed by atoms with E-state index in [4.69, 9.17) is 27.1 Å². The molecule has 24 heavy (non-hydrogen) atoms. The molecule has 4 rings (SSSR count). The Bertz CT molecular complexity index is 841. The molecule has 0 radical (unpaired) electrons. The fourth-order valence-corrected chi connectivity index (χ4v) is 4.10. The van der Waals surface area contributed by atoms with Crippen LogP contribution in [0.3, 0.4) is 0 Å². The van der Waals surface area contributed by atoms with Gasteiger partial charge in [-0.25, -0.2) is 4.99 Å². The molecule has 4 nitrogen and oxygen atoms in total. The van der Waals surface area contributed by atoms with Crippen molar-refractivity contribution in [1.29, 1.82) is 0 Å². The van der Waals surface area contributed by atoms with Crippen LogP contribution in [-0.4, -0.2) is 24.5 Å². The van der Waals surface area contributed by atoms with Crippen molar-refractivity contribution in [3.8, 4) is 5.75 Å². The van der Waals surface area contributed by atoms with E-state index < -0.39 is 5.54 Å². The number of hydrogen-bond acceptors (Lipinski definition) is 4. The molecule has 0 aromatic heterocycles. The van der Waals surface area contributed by atoms with E-state index in [9.17, 15) is 0 Å². The first-order valence-corrected chi connectivity index (χ1v) is 8.93. The van der Waals surface area contributed by atoms with Crippen LogP contribution >= 0.6 is 27.5 Å². The van der Waals surface area contributed by atoms with E-state index in [0.29, 0.717) is 11.0 Å². The lowest BCUT2D eigenvalue weighted by molar-refractivity contribution is 0.123. The molecule has 124 valence electrons. The molecular formula is C18H17BrClN3O. The second kappa shape index (κ2) is 5.67. The van der Waals surface area contributed by atoms with Crippen molar-refractivity contribution in [2.75, 3.05) is 13.6 Å². The maximum absolute atomic E-state index is 6.28. The number of aliphatic imine (C=N–C) groups is 1. The van der Waals surface area contributed by atoms with Crippen molar-refractivity contribution in [3.63, 3.8) is 0 Å². The molecule has 2 heterocycles. The average Bonchev–Trinajstić information content (AvgIpc) is 2.83. The number of guanidine groups is 1. The van der Waals surface area contributed by atoms with Gasteiger partial charge in [0.1, 0.15) is 17.4 Å². The van der Waals surface area contributed by atoms with Crippen LogP contribution in [0.5, 0.6) is 5.75 Å². The number of nitrogens with two attached hydrogens (primary N) is 1. The molecule has 2 atom stereocenters. The Kier molecular flexibility index (Phi) is 3.73. The predicted molar refractivity (Wildman–Crippen MR) is 99.5 cm³/mol. The number of ether oxygens (including phenoxy) is 1. The van der Waals surface area contributed by atoms with Gasteiger partial charge in [-0.05, 0) is 35.9 Å².